The molecule has 0 radical (unpaired) electrons. The van der Waals surface area contributed by atoms with E-state index in [0.29, 0.717) is 32.8 Å². The number of ether oxygens (including phenoxy) is 1. The van der Waals surface area contributed by atoms with Crippen LogP contribution in [0.2, 0.25) is 0 Å². The van der Waals surface area contributed by atoms with Crippen molar-refractivity contribution in [3.05, 3.63) is 35.9 Å². The van der Waals surface area contributed by atoms with Crippen molar-refractivity contribution in [2.75, 3.05) is 45.9 Å². The second-order valence-corrected chi connectivity index (χ2v) is 6.92. The van der Waals surface area contributed by atoms with E-state index >= 15 is 0 Å². The molecule has 142 valence electrons. The van der Waals surface area contributed by atoms with Crippen molar-refractivity contribution in [3.63, 3.8) is 0 Å². The van der Waals surface area contributed by atoms with Gasteiger partial charge < -0.3 is 14.5 Å². The summed E-state index contributed by atoms with van der Waals surface area (Å²) >= 11 is 0. The van der Waals surface area contributed by atoms with E-state index in [9.17, 15) is 9.59 Å². The van der Waals surface area contributed by atoms with Crippen LogP contribution in [-0.4, -0.2) is 72.6 Å². The molecule has 1 unspecified atom stereocenters. The second-order valence-electron chi connectivity index (χ2n) is 6.92. The van der Waals surface area contributed by atoms with Gasteiger partial charge in [-0.25, -0.2) is 4.79 Å². The number of piperidine rings is 1. The molecule has 2 fully saturated rings. The van der Waals surface area contributed by atoms with E-state index in [1.54, 1.807) is 4.90 Å². The molecule has 0 aliphatic carbocycles. The summed E-state index contributed by atoms with van der Waals surface area (Å²) in [6, 6.07) is 9.75. The number of rotatable bonds is 4. The fourth-order valence-corrected chi connectivity index (χ4v) is 3.81. The van der Waals surface area contributed by atoms with Gasteiger partial charge in [-0.05, 0) is 31.7 Å². The summed E-state index contributed by atoms with van der Waals surface area (Å²) in [4.78, 5) is 31.2. The Balaban J connectivity index is 1.72. The van der Waals surface area contributed by atoms with Crippen molar-refractivity contribution >= 4 is 12.0 Å². The molecular weight excluding hydrogens is 330 g/mol. The summed E-state index contributed by atoms with van der Waals surface area (Å²) in [5.41, 5.74) is 1.03. The standard InChI is InChI=1S/C20H29N3O3/c1-2-26-20(25)23-15-13-21(14-16-23)18(17-9-5-3-6-10-17)19(24)22-11-7-4-8-12-22/h3,5-6,9-10,18H,2,4,7-8,11-16H2,1H3. The molecule has 0 spiro atoms. The quantitative estimate of drug-likeness (QED) is 0.829. The third-order valence-electron chi connectivity index (χ3n) is 5.22. The number of amides is 2. The zero-order valence-electron chi connectivity index (χ0n) is 15.6. The number of benzene rings is 1. The molecule has 0 N–H and O–H groups in total. The minimum absolute atomic E-state index is 0.195. The first kappa shape index (κ1) is 18.7. The predicted molar refractivity (Wildman–Crippen MR) is 99.8 cm³/mol. The highest BCUT2D eigenvalue weighted by atomic mass is 16.6. The van der Waals surface area contributed by atoms with Crippen LogP contribution in [0.25, 0.3) is 0 Å². The Morgan fingerprint density at radius 1 is 0.923 bits per heavy atom. The van der Waals surface area contributed by atoms with Crippen molar-refractivity contribution in [2.45, 2.75) is 32.2 Å². The smallest absolute Gasteiger partial charge is 0.409 e. The van der Waals surface area contributed by atoms with E-state index in [-0.39, 0.29) is 18.0 Å². The molecule has 2 amide bonds. The SMILES string of the molecule is CCOC(=O)N1CCN(C(C(=O)N2CCCCC2)c2ccccc2)CC1. The molecule has 0 saturated carbocycles. The molecule has 0 aromatic heterocycles. The summed E-state index contributed by atoms with van der Waals surface area (Å²) in [7, 11) is 0. The minimum atomic E-state index is -0.265. The number of nitrogens with zero attached hydrogens (tertiary/aromatic N) is 3. The number of likely N-dealkylation sites (tertiary alicyclic amines) is 1. The first-order valence-corrected chi connectivity index (χ1v) is 9.70. The lowest BCUT2D eigenvalue weighted by atomic mass is 10.0. The highest BCUT2D eigenvalue weighted by Gasteiger charge is 2.34. The van der Waals surface area contributed by atoms with Crippen LogP contribution in [0.4, 0.5) is 4.79 Å². The van der Waals surface area contributed by atoms with Crippen LogP contribution >= 0.6 is 0 Å². The Morgan fingerprint density at radius 3 is 2.19 bits per heavy atom. The zero-order chi connectivity index (χ0) is 18.4. The molecule has 0 bridgehead atoms. The van der Waals surface area contributed by atoms with Crippen molar-refractivity contribution in [1.29, 1.82) is 0 Å². The highest BCUT2D eigenvalue weighted by molar-refractivity contribution is 5.83. The van der Waals surface area contributed by atoms with Crippen molar-refractivity contribution in [1.82, 2.24) is 14.7 Å². The summed E-state index contributed by atoms with van der Waals surface area (Å²) in [5.74, 6) is 0.195. The van der Waals surface area contributed by atoms with Crippen molar-refractivity contribution in [2.24, 2.45) is 0 Å². The lowest BCUT2D eigenvalue weighted by Crippen LogP contribution is -2.53. The van der Waals surface area contributed by atoms with E-state index in [1.807, 2.05) is 42.2 Å². The van der Waals surface area contributed by atoms with E-state index < -0.39 is 0 Å². The van der Waals surface area contributed by atoms with Crippen LogP contribution < -0.4 is 0 Å². The summed E-state index contributed by atoms with van der Waals surface area (Å²) in [5, 5.41) is 0. The van der Waals surface area contributed by atoms with E-state index in [2.05, 4.69) is 4.90 Å². The summed E-state index contributed by atoms with van der Waals surface area (Å²) < 4.78 is 5.10. The normalized spacial score (nSPS) is 19.9. The van der Waals surface area contributed by atoms with Crippen LogP contribution in [0.1, 0.15) is 37.8 Å². The topological polar surface area (TPSA) is 53.1 Å². The molecular formula is C20H29N3O3. The molecule has 6 heteroatoms. The molecule has 6 nitrogen and oxygen atoms in total. The first-order chi connectivity index (χ1) is 12.7. The monoisotopic (exact) mass is 359 g/mol. The third kappa shape index (κ3) is 4.36. The van der Waals surface area contributed by atoms with Crippen molar-refractivity contribution in [3.8, 4) is 0 Å². The van der Waals surface area contributed by atoms with Gasteiger partial charge >= 0.3 is 6.09 Å². The van der Waals surface area contributed by atoms with Gasteiger partial charge in [0, 0.05) is 39.3 Å². The summed E-state index contributed by atoms with van der Waals surface area (Å²) in [6.45, 7) is 6.45. The second kappa shape index (κ2) is 9.03. The molecule has 1 aromatic carbocycles. The average molecular weight is 359 g/mol. The Labute approximate surface area is 155 Å². The van der Waals surface area contributed by atoms with Gasteiger partial charge in [0.25, 0.3) is 0 Å². The van der Waals surface area contributed by atoms with Gasteiger partial charge in [-0.15, -0.1) is 0 Å². The van der Waals surface area contributed by atoms with Crippen LogP contribution in [0.5, 0.6) is 0 Å². The maximum atomic E-state index is 13.3. The Kier molecular flexibility index (Phi) is 6.50. The van der Waals surface area contributed by atoms with Gasteiger partial charge in [0.15, 0.2) is 0 Å². The fourth-order valence-electron chi connectivity index (χ4n) is 3.81. The van der Waals surface area contributed by atoms with Crippen LogP contribution in [0, 0.1) is 0 Å². The zero-order valence-corrected chi connectivity index (χ0v) is 15.6. The van der Waals surface area contributed by atoms with Gasteiger partial charge in [-0.2, -0.15) is 0 Å². The summed E-state index contributed by atoms with van der Waals surface area (Å²) in [6.07, 6.45) is 3.12. The van der Waals surface area contributed by atoms with E-state index in [0.717, 1.165) is 31.5 Å². The lowest BCUT2D eigenvalue weighted by Gasteiger charge is -2.40. The van der Waals surface area contributed by atoms with Gasteiger partial charge in [-0.1, -0.05) is 30.3 Å². The predicted octanol–water partition coefficient (Wildman–Crippen LogP) is 2.51. The largest absolute Gasteiger partial charge is 0.450 e. The van der Waals surface area contributed by atoms with Gasteiger partial charge in [-0.3, -0.25) is 9.69 Å². The fraction of sp³-hybridized carbons (Fsp3) is 0.600. The van der Waals surface area contributed by atoms with E-state index in [1.165, 1.54) is 6.42 Å². The number of carbonyl (C=O) groups excluding carboxylic acids is 2. The highest BCUT2D eigenvalue weighted by Crippen LogP contribution is 2.26. The number of carbonyl (C=O) groups is 2. The molecule has 1 atom stereocenters. The first-order valence-electron chi connectivity index (χ1n) is 9.70. The number of hydrogen-bond acceptors (Lipinski definition) is 4. The maximum Gasteiger partial charge on any atom is 0.409 e. The van der Waals surface area contributed by atoms with Crippen LogP contribution in [0.15, 0.2) is 30.3 Å². The Hall–Kier alpha value is -2.08. The molecule has 2 heterocycles. The number of piperazine rings is 1. The molecule has 2 saturated heterocycles. The van der Waals surface area contributed by atoms with Crippen LogP contribution in [0.3, 0.4) is 0 Å². The average Bonchev–Trinajstić information content (AvgIpc) is 2.70. The van der Waals surface area contributed by atoms with Gasteiger partial charge in [0.05, 0.1) is 6.61 Å². The van der Waals surface area contributed by atoms with Gasteiger partial charge in [0.1, 0.15) is 6.04 Å². The Bertz CT molecular complexity index is 594. The van der Waals surface area contributed by atoms with Crippen molar-refractivity contribution < 1.29 is 14.3 Å². The molecule has 1 aromatic rings. The third-order valence-corrected chi connectivity index (χ3v) is 5.22. The van der Waals surface area contributed by atoms with E-state index in [4.69, 9.17) is 4.74 Å². The molecule has 2 aliphatic heterocycles. The Morgan fingerprint density at radius 2 is 1.58 bits per heavy atom. The van der Waals surface area contributed by atoms with Gasteiger partial charge in [0.2, 0.25) is 5.91 Å². The lowest BCUT2D eigenvalue weighted by molar-refractivity contribution is -0.139. The molecule has 3 rings (SSSR count). The van der Waals surface area contributed by atoms with Crippen LogP contribution in [-0.2, 0) is 9.53 Å². The molecule has 2 aliphatic rings. The number of hydrogen-bond donors (Lipinski definition) is 0. The maximum absolute atomic E-state index is 13.3. The molecule has 26 heavy (non-hydrogen) atoms. The minimum Gasteiger partial charge on any atom is -0.450 e.